The molecule has 0 amide bonds. The molecule has 3 aromatic rings. The van der Waals surface area contributed by atoms with Crippen LogP contribution in [0, 0.1) is 0 Å². The molecule has 6 heteroatoms. The number of benzene rings is 3. The van der Waals surface area contributed by atoms with Crippen LogP contribution in [0.25, 0.3) is 0 Å². The number of ether oxygens (including phenoxy) is 1. The van der Waals surface area contributed by atoms with Crippen molar-refractivity contribution < 1.29 is 22.7 Å². The second-order valence-electron chi connectivity index (χ2n) is 5.77. The number of hydrogen-bond donors (Lipinski definition) is 1. The molecule has 0 aliphatic rings. The molecule has 0 bridgehead atoms. The first-order valence-corrected chi connectivity index (χ1v) is 9.54. The molecule has 0 aliphatic heterocycles. The summed E-state index contributed by atoms with van der Waals surface area (Å²) in [5.74, 6) is -1.22. The van der Waals surface area contributed by atoms with Crippen molar-refractivity contribution >= 4 is 16.9 Å². The second kappa shape index (κ2) is 8.31. The first-order valence-electron chi connectivity index (χ1n) is 8.20. The minimum Gasteiger partial charge on any atom is -0.426 e. The summed E-state index contributed by atoms with van der Waals surface area (Å²) < 4.78 is 41.6. The summed E-state index contributed by atoms with van der Waals surface area (Å²) in [4.78, 5) is 14.7. The predicted octanol–water partition coefficient (Wildman–Crippen LogP) is 6.02. The molecular formula is C21H17F3O2S. The van der Waals surface area contributed by atoms with E-state index < -0.39 is 29.5 Å². The van der Waals surface area contributed by atoms with Crippen molar-refractivity contribution in [2.75, 3.05) is 0 Å². The van der Waals surface area contributed by atoms with E-state index in [9.17, 15) is 18.0 Å². The second-order valence-corrected chi connectivity index (χ2v) is 7.99. The zero-order chi connectivity index (χ0) is 19.3. The summed E-state index contributed by atoms with van der Waals surface area (Å²) in [5.41, 5.74) is 0. The summed E-state index contributed by atoms with van der Waals surface area (Å²) in [6.45, 7) is 0. The van der Waals surface area contributed by atoms with E-state index in [0.717, 1.165) is 14.7 Å². The van der Waals surface area contributed by atoms with Gasteiger partial charge < -0.3 is 4.74 Å². The molecule has 0 aromatic heterocycles. The molecule has 0 saturated carbocycles. The van der Waals surface area contributed by atoms with Crippen LogP contribution in [-0.2, 0) is 4.79 Å². The molecule has 0 fully saturated rings. The molecule has 0 heterocycles. The highest BCUT2D eigenvalue weighted by atomic mass is 32.2. The van der Waals surface area contributed by atoms with Gasteiger partial charge in [-0.1, -0.05) is 36.4 Å². The van der Waals surface area contributed by atoms with E-state index in [0.29, 0.717) is 0 Å². The van der Waals surface area contributed by atoms with Gasteiger partial charge >= 0.3 is 12.1 Å². The Morgan fingerprint density at radius 3 is 1.63 bits per heavy atom. The average molecular weight is 390 g/mol. The van der Waals surface area contributed by atoms with Crippen LogP contribution < -0.4 is 4.74 Å². The minimum atomic E-state index is -4.58. The van der Waals surface area contributed by atoms with Gasteiger partial charge in [-0.2, -0.15) is 24.1 Å². The van der Waals surface area contributed by atoms with Crippen molar-refractivity contribution in [3.05, 3.63) is 84.9 Å². The third kappa shape index (κ3) is 5.37. The van der Waals surface area contributed by atoms with Crippen molar-refractivity contribution in [1.29, 1.82) is 0 Å². The van der Waals surface area contributed by atoms with Gasteiger partial charge in [0.05, 0.1) is 0 Å². The van der Waals surface area contributed by atoms with Gasteiger partial charge in [0, 0.05) is 0 Å². The van der Waals surface area contributed by atoms with Crippen molar-refractivity contribution in [2.45, 2.75) is 27.3 Å². The lowest BCUT2D eigenvalue weighted by atomic mass is 10.3. The normalized spacial score (nSPS) is 11.7. The maximum Gasteiger partial charge on any atom is 0.399 e. The number of halogens is 3. The monoisotopic (exact) mass is 390 g/mol. The molecule has 0 aliphatic carbocycles. The lowest BCUT2D eigenvalue weighted by molar-refractivity contribution is -0.164. The van der Waals surface area contributed by atoms with E-state index in [1.165, 1.54) is 12.1 Å². The number of carbonyl (C=O) groups excluding carboxylic acids is 1. The first-order chi connectivity index (χ1) is 12.9. The van der Waals surface area contributed by atoms with Crippen molar-refractivity contribution in [1.82, 2.24) is 0 Å². The fourth-order valence-corrected chi connectivity index (χ4v) is 4.88. The summed E-state index contributed by atoms with van der Waals surface area (Å²) in [5, 5.41) is 0. The molecule has 0 N–H and O–H groups in total. The Hall–Kier alpha value is -2.73. The third-order valence-corrected chi connectivity index (χ3v) is 6.14. The van der Waals surface area contributed by atoms with Crippen LogP contribution in [-0.4, -0.2) is 12.1 Å². The fourth-order valence-electron chi connectivity index (χ4n) is 2.60. The van der Waals surface area contributed by atoms with Crippen LogP contribution in [0.5, 0.6) is 5.75 Å². The van der Waals surface area contributed by atoms with Gasteiger partial charge in [0.1, 0.15) is 12.2 Å². The number of carbonyl (C=O) groups is 1. The maximum atomic E-state index is 12.3. The van der Waals surface area contributed by atoms with Gasteiger partial charge in [0.15, 0.2) is 0 Å². The SMILES string of the molecule is O=C(CC(F)(F)F)Oc1ccc([SH](c2ccccc2)c2ccccc2)cc1. The molecule has 27 heavy (non-hydrogen) atoms. The molecule has 3 aromatic carbocycles. The highest BCUT2D eigenvalue weighted by Crippen LogP contribution is 2.51. The number of hydrogen-bond acceptors (Lipinski definition) is 2. The fraction of sp³-hybridized carbons (Fsp3) is 0.0952. The molecule has 0 unspecified atom stereocenters. The van der Waals surface area contributed by atoms with Crippen LogP contribution in [0.1, 0.15) is 6.42 Å². The number of alkyl halides is 3. The Bertz CT molecular complexity index is 839. The Morgan fingerprint density at radius 2 is 1.19 bits per heavy atom. The van der Waals surface area contributed by atoms with E-state index in [1.807, 2.05) is 36.4 Å². The summed E-state index contributed by atoms with van der Waals surface area (Å²) in [6.07, 6.45) is -6.18. The van der Waals surface area contributed by atoms with E-state index in [-0.39, 0.29) is 5.75 Å². The molecule has 0 spiro atoms. The quantitative estimate of drug-likeness (QED) is 0.327. The van der Waals surface area contributed by atoms with Crippen molar-refractivity contribution in [3.63, 3.8) is 0 Å². The Labute approximate surface area is 158 Å². The van der Waals surface area contributed by atoms with Crippen molar-refractivity contribution in [2.24, 2.45) is 0 Å². The van der Waals surface area contributed by atoms with Gasteiger partial charge in [-0.3, -0.25) is 4.79 Å². The summed E-state index contributed by atoms with van der Waals surface area (Å²) in [7, 11) is -0.821. The molecule has 0 radical (unpaired) electrons. The lowest BCUT2D eigenvalue weighted by Gasteiger charge is -2.23. The van der Waals surface area contributed by atoms with Crippen molar-refractivity contribution in [3.8, 4) is 5.75 Å². The summed E-state index contributed by atoms with van der Waals surface area (Å²) >= 11 is 0. The summed E-state index contributed by atoms with van der Waals surface area (Å²) in [6, 6.07) is 26.7. The largest absolute Gasteiger partial charge is 0.426 e. The third-order valence-electron chi connectivity index (χ3n) is 3.70. The van der Waals surface area contributed by atoms with Gasteiger partial charge in [-0.05, 0) is 63.2 Å². The molecular weight excluding hydrogens is 373 g/mol. The van der Waals surface area contributed by atoms with Crippen LogP contribution in [0.2, 0.25) is 0 Å². The van der Waals surface area contributed by atoms with Crippen LogP contribution >= 0.6 is 10.9 Å². The van der Waals surface area contributed by atoms with Gasteiger partial charge in [-0.15, -0.1) is 0 Å². The van der Waals surface area contributed by atoms with E-state index in [4.69, 9.17) is 4.74 Å². The zero-order valence-corrected chi connectivity index (χ0v) is 15.1. The topological polar surface area (TPSA) is 26.3 Å². The first kappa shape index (κ1) is 19.0. The average Bonchev–Trinajstić information content (AvgIpc) is 2.64. The minimum absolute atomic E-state index is 0.101. The Morgan fingerprint density at radius 1 is 0.741 bits per heavy atom. The highest BCUT2D eigenvalue weighted by Gasteiger charge is 2.32. The predicted molar refractivity (Wildman–Crippen MR) is 99.4 cm³/mol. The zero-order valence-electron chi connectivity index (χ0n) is 14.2. The van der Waals surface area contributed by atoms with Crippen LogP contribution in [0.3, 0.4) is 0 Å². The molecule has 3 rings (SSSR count). The number of esters is 1. The van der Waals surface area contributed by atoms with E-state index in [2.05, 4.69) is 24.3 Å². The smallest absolute Gasteiger partial charge is 0.399 e. The van der Waals surface area contributed by atoms with E-state index >= 15 is 0 Å². The Balaban J connectivity index is 1.85. The lowest BCUT2D eigenvalue weighted by Crippen LogP contribution is -2.19. The standard InChI is InChI=1S/C21H17F3O2S/c22-21(23,24)15-20(25)26-16-11-13-19(14-12-16)27(17-7-3-1-4-8-17)18-9-5-2-6-10-18/h1-14,27H,15H2. The maximum absolute atomic E-state index is 12.3. The van der Waals surface area contributed by atoms with Gasteiger partial charge in [0.25, 0.3) is 0 Å². The molecule has 140 valence electrons. The molecule has 0 atom stereocenters. The highest BCUT2D eigenvalue weighted by molar-refractivity contribution is 8.17. The van der Waals surface area contributed by atoms with E-state index in [1.54, 1.807) is 12.1 Å². The molecule has 2 nitrogen and oxygen atoms in total. The Kier molecular flexibility index (Phi) is 5.86. The van der Waals surface area contributed by atoms with Gasteiger partial charge in [0.2, 0.25) is 0 Å². The molecule has 0 saturated heterocycles. The van der Waals surface area contributed by atoms with Crippen LogP contribution in [0.15, 0.2) is 99.6 Å². The van der Waals surface area contributed by atoms with Crippen LogP contribution in [0.4, 0.5) is 13.2 Å². The number of rotatable bonds is 5. The van der Waals surface area contributed by atoms with Gasteiger partial charge in [-0.25, -0.2) is 0 Å². The number of thiol groups is 1.